The van der Waals surface area contributed by atoms with Crippen LogP contribution in [0, 0.1) is 19.8 Å². The molecular weight excluding hydrogens is 419 g/mol. The van der Waals surface area contributed by atoms with Crippen LogP contribution in [0.1, 0.15) is 29.5 Å². The molecule has 1 aliphatic rings. The van der Waals surface area contributed by atoms with Gasteiger partial charge in [0.15, 0.2) is 5.13 Å². The van der Waals surface area contributed by atoms with Gasteiger partial charge in [-0.3, -0.25) is 4.79 Å². The Morgan fingerprint density at radius 1 is 1.25 bits per heavy atom. The number of ether oxygens (including phenoxy) is 2. The van der Waals surface area contributed by atoms with E-state index in [0.717, 1.165) is 63.7 Å². The summed E-state index contributed by atoms with van der Waals surface area (Å²) in [6.07, 6.45) is 1.82. The number of benzene rings is 2. The van der Waals surface area contributed by atoms with Crippen LogP contribution >= 0.6 is 11.3 Å². The number of rotatable bonds is 6. The fourth-order valence-electron chi connectivity index (χ4n) is 4.05. The van der Waals surface area contributed by atoms with Gasteiger partial charge in [0.25, 0.3) is 0 Å². The van der Waals surface area contributed by atoms with Crippen LogP contribution in [-0.2, 0) is 16.1 Å². The summed E-state index contributed by atoms with van der Waals surface area (Å²) in [5.74, 6) is 0.565. The molecule has 1 aromatic heterocycles. The predicted octanol–water partition coefficient (Wildman–Crippen LogP) is 4.19. The van der Waals surface area contributed by atoms with E-state index in [1.54, 1.807) is 11.3 Å². The number of piperidine rings is 1. The second-order valence-corrected chi connectivity index (χ2v) is 9.13. The van der Waals surface area contributed by atoms with Crippen LogP contribution < -0.4 is 15.1 Å². The number of thiazole rings is 1. The highest BCUT2D eigenvalue weighted by molar-refractivity contribution is 7.14. The number of hydrogen-bond donors (Lipinski definition) is 0. The first kappa shape index (κ1) is 22.4. The number of carbonyl (C=O) groups excluding carboxylic acids is 1. The minimum absolute atomic E-state index is 0.0953. The van der Waals surface area contributed by atoms with Crippen LogP contribution in [-0.4, -0.2) is 39.0 Å². The first-order valence-electron chi connectivity index (χ1n) is 10.8. The lowest BCUT2D eigenvalue weighted by Gasteiger charge is -2.30. The summed E-state index contributed by atoms with van der Waals surface area (Å²) >= 11 is 1.60. The van der Waals surface area contributed by atoms with Crippen molar-refractivity contribution < 1.29 is 14.3 Å². The number of carbonyl (C=O) groups is 1. The van der Waals surface area contributed by atoms with Crippen molar-refractivity contribution in [2.75, 3.05) is 25.1 Å². The molecule has 2 radical (unpaired) electrons. The summed E-state index contributed by atoms with van der Waals surface area (Å²) in [6.45, 7) is 6.11. The number of nitrogens with zero attached hydrogens (tertiary/aromatic N) is 2. The molecule has 1 atom stereocenters. The second-order valence-electron chi connectivity index (χ2n) is 8.30. The molecule has 1 fully saturated rings. The lowest BCUT2D eigenvalue weighted by atomic mass is 9.93. The third kappa shape index (κ3) is 4.99. The SMILES string of the molecule is [B]c1ccc(COc2ccc(C)cc2-c2csc(N3CCCC(C(=O)OC)C3)n2)c(C)c1. The number of esters is 1. The maximum Gasteiger partial charge on any atom is 0.310 e. The van der Waals surface area contributed by atoms with Crippen LogP contribution in [0.25, 0.3) is 11.3 Å². The molecule has 3 aromatic rings. The summed E-state index contributed by atoms with van der Waals surface area (Å²) in [5, 5.41) is 2.99. The van der Waals surface area contributed by atoms with E-state index in [9.17, 15) is 4.79 Å². The Morgan fingerprint density at radius 3 is 2.88 bits per heavy atom. The summed E-state index contributed by atoms with van der Waals surface area (Å²) < 4.78 is 11.2. The molecular formula is C25H27BN2O3S. The van der Waals surface area contributed by atoms with E-state index >= 15 is 0 Å². The predicted molar refractivity (Wildman–Crippen MR) is 130 cm³/mol. The monoisotopic (exact) mass is 446 g/mol. The Hall–Kier alpha value is -2.80. The summed E-state index contributed by atoms with van der Waals surface area (Å²) in [7, 11) is 7.32. The van der Waals surface area contributed by atoms with Gasteiger partial charge in [0.1, 0.15) is 20.2 Å². The molecule has 0 bridgehead atoms. The third-order valence-corrected chi connectivity index (χ3v) is 6.78. The minimum atomic E-state index is -0.140. The van der Waals surface area contributed by atoms with E-state index in [4.69, 9.17) is 22.3 Å². The van der Waals surface area contributed by atoms with Gasteiger partial charge in [-0.1, -0.05) is 35.3 Å². The maximum atomic E-state index is 12.0. The largest absolute Gasteiger partial charge is 0.488 e. The molecule has 0 N–H and O–H groups in total. The Kier molecular flexibility index (Phi) is 6.84. The van der Waals surface area contributed by atoms with Crippen molar-refractivity contribution in [3.8, 4) is 17.0 Å². The Morgan fingerprint density at radius 2 is 2.09 bits per heavy atom. The highest BCUT2D eigenvalue weighted by Crippen LogP contribution is 2.36. The van der Waals surface area contributed by atoms with Gasteiger partial charge in [-0.2, -0.15) is 0 Å². The molecule has 0 aliphatic carbocycles. The van der Waals surface area contributed by atoms with Gasteiger partial charge in [-0.05, 0) is 49.9 Å². The van der Waals surface area contributed by atoms with Gasteiger partial charge in [0.05, 0.1) is 18.7 Å². The average Bonchev–Trinajstić information content (AvgIpc) is 3.29. The van der Waals surface area contributed by atoms with Crippen LogP contribution in [0.2, 0.25) is 0 Å². The van der Waals surface area contributed by atoms with Crippen LogP contribution in [0.3, 0.4) is 0 Å². The van der Waals surface area contributed by atoms with Crippen molar-refractivity contribution in [2.24, 2.45) is 5.92 Å². The molecule has 0 spiro atoms. The highest BCUT2D eigenvalue weighted by Gasteiger charge is 2.28. The van der Waals surface area contributed by atoms with Crippen molar-refractivity contribution in [2.45, 2.75) is 33.3 Å². The zero-order valence-electron chi connectivity index (χ0n) is 18.8. The minimum Gasteiger partial charge on any atom is -0.488 e. The lowest BCUT2D eigenvalue weighted by molar-refractivity contribution is -0.145. The standard InChI is InChI=1S/C25H27BN2O3S/c1-16-6-9-23(31-14-19-7-8-20(26)12-17(19)2)21(11-16)22-15-32-25(27-22)28-10-4-5-18(13-28)24(29)30-3/h6-9,11-12,15,18H,4-5,10,13-14H2,1-3H3. The van der Waals surface area contributed by atoms with Gasteiger partial charge in [0, 0.05) is 24.0 Å². The molecule has 32 heavy (non-hydrogen) atoms. The van der Waals surface area contributed by atoms with Crippen molar-refractivity contribution in [3.05, 3.63) is 58.5 Å². The Bertz CT molecular complexity index is 1110. The van der Waals surface area contributed by atoms with Gasteiger partial charge in [-0.25, -0.2) is 4.98 Å². The molecule has 0 saturated carbocycles. The van der Waals surface area contributed by atoms with Gasteiger partial charge in [0.2, 0.25) is 0 Å². The molecule has 164 valence electrons. The smallest absolute Gasteiger partial charge is 0.310 e. The van der Waals surface area contributed by atoms with Gasteiger partial charge >= 0.3 is 5.97 Å². The fourth-order valence-corrected chi connectivity index (χ4v) is 4.91. The van der Waals surface area contributed by atoms with E-state index in [-0.39, 0.29) is 11.9 Å². The Labute approximate surface area is 194 Å². The van der Waals surface area contributed by atoms with Crippen LogP contribution in [0.15, 0.2) is 41.8 Å². The second kappa shape index (κ2) is 9.78. The van der Waals surface area contributed by atoms with E-state index in [1.165, 1.54) is 7.11 Å². The van der Waals surface area contributed by atoms with E-state index < -0.39 is 0 Å². The van der Waals surface area contributed by atoms with Crippen molar-refractivity contribution in [1.82, 2.24) is 4.98 Å². The fraction of sp³-hybridized carbons (Fsp3) is 0.360. The van der Waals surface area contributed by atoms with E-state index in [2.05, 4.69) is 23.3 Å². The topological polar surface area (TPSA) is 51.7 Å². The van der Waals surface area contributed by atoms with E-state index in [0.29, 0.717) is 13.2 Å². The zero-order chi connectivity index (χ0) is 22.7. The average molecular weight is 446 g/mol. The molecule has 1 unspecified atom stereocenters. The molecule has 0 amide bonds. The molecule has 4 rings (SSSR count). The highest BCUT2D eigenvalue weighted by atomic mass is 32.1. The molecule has 5 nitrogen and oxygen atoms in total. The zero-order valence-corrected chi connectivity index (χ0v) is 19.6. The summed E-state index contributed by atoms with van der Waals surface area (Å²) in [4.78, 5) is 19.1. The lowest BCUT2D eigenvalue weighted by Crippen LogP contribution is -2.39. The first-order valence-corrected chi connectivity index (χ1v) is 11.7. The normalized spacial score (nSPS) is 16.1. The van der Waals surface area contributed by atoms with Crippen molar-refractivity contribution in [3.63, 3.8) is 0 Å². The molecule has 2 aromatic carbocycles. The van der Waals surface area contributed by atoms with E-state index in [1.807, 2.05) is 37.3 Å². The number of anilines is 1. The molecule has 7 heteroatoms. The van der Waals surface area contributed by atoms with Gasteiger partial charge in [-0.15, -0.1) is 11.3 Å². The third-order valence-electron chi connectivity index (χ3n) is 5.88. The number of aryl methyl sites for hydroxylation is 2. The van der Waals surface area contributed by atoms with Crippen molar-refractivity contribution in [1.29, 1.82) is 0 Å². The number of methoxy groups -OCH3 is 1. The van der Waals surface area contributed by atoms with Gasteiger partial charge < -0.3 is 14.4 Å². The van der Waals surface area contributed by atoms with Crippen LogP contribution in [0.5, 0.6) is 5.75 Å². The maximum absolute atomic E-state index is 12.0. The molecule has 1 saturated heterocycles. The Balaban J connectivity index is 1.54. The summed E-state index contributed by atoms with van der Waals surface area (Å²) in [6, 6.07) is 12.0. The van der Waals surface area contributed by atoms with Crippen LogP contribution in [0.4, 0.5) is 5.13 Å². The molecule has 1 aliphatic heterocycles. The first-order chi connectivity index (χ1) is 15.4. The molecule has 2 heterocycles. The quantitative estimate of drug-likeness (QED) is 0.420. The van der Waals surface area contributed by atoms with Crippen molar-refractivity contribution >= 4 is 35.7 Å². The number of hydrogen-bond acceptors (Lipinski definition) is 6. The number of aromatic nitrogens is 1. The summed E-state index contributed by atoms with van der Waals surface area (Å²) in [5.41, 5.74) is 5.98.